The summed E-state index contributed by atoms with van der Waals surface area (Å²) in [6, 6.07) is 21.2. The predicted molar refractivity (Wildman–Crippen MR) is 117 cm³/mol. The highest BCUT2D eigenvalue weighted by Crippen LogP contribution is 2.37. The summed E-state index contributed by atoms with van der Waals surface area (Å²) in [6.45, 7) is 2.84. The average Bonchev–Trinajstić information content (AvgIpc) is 2.78. The van der Waals surface area contributed by atoms with E-state index in [1.54, 1.807) is 17.0 Å². The number of nitrogens with one attached hydrogen (secondary N) is 1. The number of hydrogen-bond acceptors (Lipinski definition) is 3. The van der Waals surface area contributed by atoms with Gasteiger partial charge in [-0.25, -0.2) is 4.39 Å². The highest BCUT2D eigenvalue weighted by atomic mass is 19.1. The van der Waals surface area contributed by atoms with Gasteiger partial charge in [-0.3, -0.25) is 9.69 Å². The van der Waals surface area contributed by atoms with Gasteiger partial charge >= 0.3 is 0 Å². The van der Waals surface area contributed by atoms with Crippen LogP contribution in [0.1, 0.15) is 48.3 Å². The van der Waals surface area contributed by atoms with Crippen LogP contribution >= 0.6 is 0 Å². The molecule has 154 valence electrons. The van der Waals surface area contributed by atoms with Gasteiger partial charge in [0.25, 0.3) is 5.91 Å². The molecule has 4 rings (SSSR count). The molecule has 1 amide bonds. The van der Waals surface area contributed by atoms with Crippen molar-refractivity contribution in [2.24, 2.45) is 0 Å². The van der Waals surface area contributed by atoms with Crippen molar-refractivity contribution in [3.8, 4) is 5.75 Å². The molecule has 4 nitrogen and oxygen atoms in total. The molecule has 0 bridgehead atoms. The first-order chi connectivity index (χ1) is 14.7. The van der Waals surface area contributed by atoms with Gasteiger partial charge in [-0.15, -0.1) is 0 Å². The van der Waals surface area contributed by atoms with Gasteiger partial charge in [-0.05, 0) is 60.5 Å². The van der Waals surface area contributed by atoms with Gasteiger partial charge in [0.2, 0.25) is 0 Å². The largest absolute Gasteiger partial charge is 0.494 e. The summed E-state index contributed by atoms with van der Waals surface area (Å²) in [5.74, 6) is 0.374. The molecule has 1 atom stereocenters. The molecule has 5 heteroatoms. The van der Waals surface area contributed by atoms with Crippen LogP contribution in [0.2, 0.25) is 0 Å². The van der Waals surface area contributed by atoms with E-state index in [0.29, 0.717) is 12.2 Å². The molecule has 0 fully saturated rings. The smallest absolute Gasteiger partial charge is 0.262 e. The summed E-state index contributed by atoms with van der Waals surface area (Å²) in [7, 11) is 0. The highest BCUT2D eigenvalue weighted by Gasteiger charge is 2.33. The van der Waals surface area contributed by atoms with E-state index in [1.807, 2.05) is 48.5 Å². The lowest BCUT2D eigenvalue weighted by Crippen LogP contribution is -2.43. The molecule has 30 heavy (non-hydrogen) atoms. The monoisotopic (exact) mass is 404 g/mol. The van der Waals surface area contributed by atoms with Crippen LogP contribution in [-0.4, -0.2) is 12.5 Å². The van der Waals surface area contributed by atoms with Crippen molar-refractivity contribution in [2.75, 3.05) is 16.8 Å². The second-order valence-electron chi connectivity index (χ2n) is 7.37. The minimum absolute atomic E-state index is 0.102. The number of carbonyl (C=O) groups excluding carboxylic acids is 1. The summed E-state index contributed by atoms with van der Waals surface area (Å²) in [4.78, 5) is 15.1. The maximum Gasteiger partial charge on any atom is 0.262 e. The Hall–Kier alpha value is -3.34. The van der Waals surface area contributed by atoms with Crippen LogP contribution in [0.5, 0.6) is 5.75 Å². The van der Waals surface area contributed by atoms with Crippen LogP contribution in [0.3, 0.4) is 0 Å². The number of anilines is 2. The lowest BCUT2D eigenvalue weighted by Gasteiger charge is -2.38. The lowest BCUT2D eigenvalue weighted by molar-refractivity contribution is 0.0975. The minimum atomic E-state index is -0.440. The van der Waals surface area contributed by atoms with Crippen molar-refractivity contribution < 1.29 is 13.9 Å². The van der Waals surface area contributed by atoms with Gasteiger partial charge in [0.05, 0.1) is 12.2 Å². The Labute approximate surface area is 176 Å². The van der Waals surface area contributed by atoms with Crippen molar-refractivity contribution in [3.63, 3.8) is 0 Å². The molecular weight excluding hydrogens is 379 g/mol. The highest BCUT2D eigenvalue weighted by molar-refractivity contribution is 6.12. The quantitative estimate of drug-likeness (QED) is 0.479. The van der Waals surface area contributed by atoms with Crippen LogP contribution < -0.4 is 15.0 Å². The van der Waals surface area contributed by atoms with E-state index in [-0.39, 0.29) is 11.7 Å². The van der Waals surface area contributed by atoms with Crippen LogP contribution in [0.4, 0.5) is 15.8 Å². The molecule has 0 radical (unpaired) electrons. The van der Waals surface area contributed by atoms with Gasteiger partial charge in [0.15, 0.2) is 0 Å². The van der Waals surface area contributed by atoms with E-state index in [4.69, 9.17) is 4.74 Å². The van der Waals surface area contributed by atoms with Crippen molar-refractivity contribution in [2.45, 2.75) is 32.4 Å². The molecule has 3 aromatic carbocycles. The lowest BCUT2D eigenvalue weighted by atomic mass is 10.0. The van der Waals surface area contributed by atoms with Crippen LogP contribution in [-0.2, 0) is 0 Å². The Morgan fingerprint density at radius 3 is 2.43 bits per heavy atom. The fourth-order valence-electron chi connectivity index (χ4n) is 3.64. The molecule has 3 aromatic rings. The topological polar surface area (TPSA) is 41.6 Å². The molecule has 1 aliphatic heterocycles. The Morgan fingerprint density at radius 1 is 0.967 bits per heavy atom. The SMILES string of the molecule is CCCCCOc1ccc(N2C(=O)c3ccccc3N[C@@H]2c2ccc(F)cc2)cc1. The Bertz CT molecular complexity index is 1000. The zero-order valence-corrected chi connectivity index (χ0v) is 17.0. The Kier molecular flexibility index (Phi) is 5.98. The number of para-hydroxylation sites is 1. The first-order valence-electron chi connectivity index (χ1n) is 10.3. The second-order valence-corrected chi connectivity index (χ2v) is 7.37. The number of carbonyl (C=O) groups is 1. The normalized spacial score (nSPS) is 15.5. The number of benzene rings is 3. The third-order valence-electron chi connectivity index (χ3n) is 5.24. The molecule has 0 unspecified atom stereocenters. The van der Waals surface area contributed by atoms with Gasteiger partial charge in [0, 0.05) is 11.4 Å². The van der Waals surface area contributed by atoms with E-state index in [0.717, 1.165) is 42.0 Å². The van der Waals surface area contributed by atoms with E-state index in [9.17, 15) is 9.18 Å². The van der Waals surface area contributed by atoms with Crippen LogP contribution in [0, 0.1) is 5.82 Å². The third kappa shape index (κ3) is 4.15. The van der Waals surface area contributed by atoms with Crippen molar-refractivity contribution in [1.82, 2.24) is 0 Å². The zero-order chi connectivity index (χ0) is 20.9. The van der Waals surface area contributed by atoms with Crippen molar-refractivity contribution >= 4 is 17.3 Å². The second kappa shape index (κ2) is 8.99. The maximum absolute atomic E-state index is 13.5. The molecule has 0 saturated carbocycles. The summed E-state index contributed by atoms with van der Waals surface area (Å²) in [5, 5.41) is 3.43. The molecule has 1 N–H and O–H groups in total. The van der Waals surface area contributed by atoms with E-state index < -0.39 is 6.17 Å². The van der Waals surface area contributed by atoms with Crippen LogP contribution in [0.15, 0.2) is 72.8 Å². The first kappa shape index (κ1) is 20.0. The standard InChI is InChI=1S/C25H25FN2O2/c1-2-3-6-17-30-21-15-13-20(14-16-21)28-24(18-9-11-19(26)12-10-18)27-23-8-5-4-7-22(23)25(28)29/h4-5,7-16,24,27H,2-3,6,17H2,1H3/t24-/m0/s1. The van der Waals surface area contributed by atoms with E-state index >= 15 is 0 Å². The fraction of sp³-hybridized carbons (Fsp3) is 0.240. The fourth-order valence-corrected chi connectivity index (χ4v) is 3.64. The minimum Gasteiger partial charge on any atom is -0.494 e. The Balaban J connectivity index is 1.64. The molecule has 0 spiro atoms. The number of halogens is 1. The Morgan fingerprint density at radius 2 is 1.70 bits per heavy atom. The summed E-state index contributed by atoms with van der Waals surface area (Å²) < 4.78 is 19.3. The molecule has 1 aliphatic rings. The number of nitrogens with zero attached hydrogens (tertiary/aromatic N) is 1. The number of unbranched alkanes of at least 4 members (excludes halogenated alkanes) is 2. The predicted octanol–water partition coefficient (Wildman–Crippen LogP) is 6.17. The first-order valence-corrected chi connectivity index (χ1v) is 10.3. The molecule has 1 heterocycles. The number of fused-ring (bicyclic) bond motifs is 1. The van der Waals surface area contributed by atoms with Crippen molar-refractivity contribution in [3.05, 3.63) is 89.7 Å². The summed E-state index contributed by atoms with van der Waals surface area (Å²) >= 11 is 0. The zero-order valence-electron chi connectivity index (χ0n) is 17.0. The van der Waals surface area contributed by atoms with Gasteiger partial charge in [-0.2, -0.15) is 0 Å². The summed E-state index contributed by atoms with van der Waals surface area (Å²) in [6.07, 6.45) is 2.88. The van der Waals surface area contributed by atoms with Gasteiger partial charge < -0.3 is 10.1 Å². The molecular formula is C25H25FN2O2. The molecule has 0 aliphatic carbocycles. The van der Waals surface area contributed by atoms with Gasteiger partial charge in [0.1, 0.15) is 17.7 Å². The third-order valence-corrected chi connectivity index (χ3v) is 5.24. The van der Waals surface area contributed by atoms with Gasteiger partial charge in [-0.1, -0.05) is 44.0 Å². The summed E-state index contributed by atoms with van der Waals surface area (Å²) in [5.41, 5.74) is 2.93. The number of rotatable bonds is 7. The number of hydrogen-bond donors (Lipinski definition) is 1. The number of ether oxygens (including phenoxy) is 1. The molecule has 0 aromatic heterocycles. The molecule has 0 saturated heterocycles. The van der Waals surface area contributed by atoms with Crippen LogP contribution in [0.25, 0.3) is 0 Å². The van der Waals surface area contributed by atoms with Crippen molar-refractivity contribution in [1.29, 1.82) is 0 Å². The van der Waals surface area contributed by atoms with E-state index in [2.05, 4.69) is 12.2 Å². The van der Waals surface area contributed by atoms with E-state index in [1.165, 1.54) is 12.1 Å². The maximum atomic E-state index is 13.5. The number of amides is 1. The average molecular weight is 404 g/mol.